The van der Waals surface area contributed by atoms with E-state index in [4.69, 9.17) is 5.73 Å². The molecule has 0 aliphatic rings. The molecule has 3 aromatic rings. The zero-order valence-electron chi connectivity index (χ0n) is 12.4. The molecule has 0 aliphatic heterocycles. The topological polar surface area (TPSA) is 42.1 Å². The zero-order valence-corrected chi connectivity index (χ0v) is 12.4. The minimum absolute atomic E-state index is 0.788. The molecule has 3 heteroatoms. The average Bonchev–Trinajstić information content (AvgIpc) is 2.52. The number of hydrogen-bond acceptors (Lipinski definition) is 3. The van der Waals surface area contributed by atoms with Gasteiger partial charge in [-0.3, -0.25) is 4.98 Å². The predicted molar refractivity (Wildman–Crippen MR) is 90.0 cm³/mol. The molecule has 3 rings (SSSR count). The molecule has 1 aromatic heterocycles. The quantitative estimate of drug-likeness (QED) is 0.726. The highest BCUT2D eigenvalue weighted by atomic mass is 15.1. The van der Waals surface area contributed by atoms with Crippen LogP contribution in [-0.2, 0) is 0 Å². The predicted octanol–water partition coefficient (Wildman–Crippen LogP) is 4.28. The van der Waals surface area contributed by atoms with Crippen molar-refractivity contribution < 1.29 is 0 Å². The highest BCUT2D eigenvalue weighted by molar-refractivity contribution is 6.02. The lowest BCUT2D eigenvalue weighted by molar-refractivity contribution is 1.03. The first-order valence-corrected chi connectivity index (χ1v) is 7.17. The highest BCUT2D eigenvalue weighted by Crippen LogP contribution is 2.34. The largest absolute Gasteiger partial charge is 0.398 e. The Balaban J connectivity index is 2.17. The number of fused-ring (bicyclic) bond motifs is 1. The first-order chi connectivity index (χ1) is 10.2. The van der Waals surface area contributed by atoms with Crippen molar-refractivity contribution in [1.82, 2.24) is 4.98 Å². The zero-order chi connectivity index (χ0) is 14.8. The lowest BCUT2D eigenvalue weighted by atomic mass is 10.1. The molecule has 0 radical (unpaired) electrons. The van der Waals surface area contributed by atoms with E-state index in [2.05, 4.69) is 54.1 Å². The molecule has 0 saturated heterocycles. The van der Waals surface area contributed by atoms with E-state index in [1.165, 1.54) is 11.3 Å². The monoisotopic (exact) mass is 277 g/mol. The van der Waals surface area contributed by atoms with E-state index in [1.54, 1.807) is 6.20 Å². The number of rotatable bonds is 3. The van der Waals surface area contributed by atoms with E-state index in [9.17, 15) is 0 Å². The number of nitrogen functional groups attached to an aromatic ring is 1. The summed E-state index contributed by atoms with van der Waals surface area (Å²) in [5, 5.41) is 2.13. The first kappa shape index (κ1) is 13.4. The van der Waals surface area contributed by atoms with Crippen molar-refractivity contribution in [2.45, 2.75) is 13.8 Å². The first-order valence-electron chi connectivity index (χ1n) is 7.17. The third-order valence-corrected chi connectivity index (χ3v) is 3.78. The Morgan fingerprint density at radius 1 is 1.00 bits per heavy atom. The number of aromatic nitrogens is 1. The number of nitrogens with zero attached hydrogens (tertiary/aromatic N) is 2. The van der Waals surface area contributed by atoms with Crippen LogP contribution in [0, 0.1) is 6.92 Å². The van der Waals surface area contributed by atoms with Crippen LogP contribution in [0.5, 0.6) is 0 Å². The number of anilines is 3. The second-order valence-electron chi connectivity index (χ2n) is 5.17. The maximum Gasteiger partial charge on any atom is 0.0507 e. The third-order valence-electron chi connectivity index (χ3n) is 3.78. The van der Waals surface area contributed by atoms with Crippen molar-refractivity contribution in [3.05, 3.63) is 60.4 Å². The summed E-state index contributed by atoms with van der Waals surface area (Å²) in [4.78, 5) is 6.54. The number of benzene rings is 2. The molecule has 0 aliphatic carbocycles. The summed E-state index contributed by atoms with van der Waals surface area (Å²) < 4.78 is 0. The Hall–Kier alpha value is -2.55. The summed E-state index contributed by atoms with van der Waals surface area (Å²) in [7, 11) is 0. The van der Waals surface area contributed by atoms with Gasteiger partial charge in [0.05, 0.1) is 5.69 Å². The van der Waals surface area contributed by atoms with Crippen LogP contribution in [0.4, 0.5) is 17.1 Å². The van der Waals surface area contributed by atoms with E-state index in [-0.39, 0.29) is 0 Å². The van der Waals surface area contributed by atoms with Crippen LogP contribution in [0.1, 0.15) is 12.5 Å². The van der Waals surface area contributed by atoms with Gasteiger partial charge in [0.1, 0.15) is 0 Å². The van der Waals surface area contributed by atoms with Gasteiger partial charge in [-0.2, -0.15) is 0 Å². The van der Waals surface area contributed by atoms with E-state index in [0.29, 0.717) is 0 Å². The van der Waals surface area contributed by atoms with Crippen molar-refractivity contribution in [2.75, 3.05) is 17.2 Å². The molecule has 106 valence electrons. The van der Waals surface area contributed by atoms with Crippen LogP contribution in [0.2, 0.25) is 0 Å². The summed E-state index contributed by atoms with van der Waals surface area (Å²) in [6.07, 6.45) is 3.67. The Kier molecular flexibility index (Phi) is 3.48. The van der Waals surface area contributed by atoms with Crippen molar-refractivity contribution >= 4 is 27.8 Å². The number of pyridine rings is 1. The van der Waals surface area contributed by atoms with Gasteiger partial charge in [-0.05, 0) is 44.2 Å². The maximum atomic E-state index is 6.08. The third kappa shape index (κ3) is 2.42. The molecular weight excluding hydrogens is 258 g/mol. The summed E-state index contributed by atoms with van der Waals surface area (Å²) >= 11 is 0. The van der Waals surface area contributed by atoms with Gasteiger partial charge in [-0.15, -0.1) is 0 Å². The SMILES string of the molecule is CCN(c1ccc(C)cc1)c1ccc(N)c2ccncc12. The van der Waals surface area contributed by atoms with Gasteiger partial charge >= 0.3 is 0 Å². The van der Waals surface area contributed by atoms with Gasteiger partial charge in [0, 0.05) is 41.1 Å². The lowest BCUT2D eigenvalue weighted by Gasteiger charge is -2.25. The molecule has 0 fully saturated rings. The highest BCUT2D eigenvalue weighted by Gasteiger charge is 2.12. The van der Waals surface area contributed by atoms with Crippen molar-refractivity contribution in [1.29, 1.82) is 0 Å². The van der Waals surface area contributed by atoms with Gasteiger partial charge in [-0.1, -0.05) is 17.7 Å². The Morgan fingerprint density at radius 3 is 2.48 bits per heavy atom. The molecule has 0 saturated carbocycles. The van der Waals surface area contributed by atoms with Crippen LogP contribution < -0.4 is 10.6 Å². The van der Waals surface area contributed by atoms with E-state index in [0.717, 1.165) is 28.7 Å². The van der Waals surface area contributed by atoms with Crippen molar-refractivity contribution in [3.63, 3.8) is 0 Å². The van der Waals surface area contributed by atoms with Gasteiger partial charge in [-0.25, -0.2) is 0 Å². The normalized spacial score (nSPS) is 10.8. The molecule has 0 unspecified atom stereocenters. The summed E-state index contributed by atoms with van der Waals surface area (Å²) in [5.74, 6) is 0. The molecular formula is C18H19N3. The van der Waals surface area contributed by atoms with Crippen LogP contribution in [0.25, 0.3) is 10.8 Å². The molecule has 2 aromatic carbocycles. The van der Waals surface area contributed by atoms with E-state index >= 15 is 0 Å². The summed E-state index contributed by atoms with van der Waals surface area (Å²) in [5.41, 5.74) is 10.4. The second kappa shape index (κ2) is 5.44. The molecule has 21 heavy (non-hydrogen) atoms. The maximum absolute atomic E-state index is 6.08. The standard InChI is InChI=1S/C18H19N3/c1-3-21(14-6-4-13(2)5-7-14)18-9-8-17(19)15-10-11-20-12-16(15)18/h4-12H,3,19H2,1-2H3. The molecule has 0 spiro atoms. The van der Waals surface area contributed by atoms with E-state index in [1.807, 2.05) is 18.3 Å². The second-order valence-corrected chi connectivity index (χ2v) is 5.17. The van der Waals surface area contributed by atoms with Crippen molar-refractivity contribution in [3.8, 4) is 0 Å². The van der Waals surface area contributed by atoms with Gasteiger partial charge < -0.3 is 10.6 Å². The molecule has 3 nitrogen and oxygen atoms in total. The van der Waals surface area contributed by atoms with Gasteiger partial charge in [0.15, 0.2) is 0 Å². The number of hydrogen-bond donors (Lipinski definition) is 1. The van der Waals surface area contributed by atoms with Crippen LogP contribution in [0.15, 0.2) is 54.9 Å². The minimum atomic E-state index is 0.788. The van der Waals surface area contributed by atoms with Crippen LogP contribution in [-0.4, -0.2) is 11.5 Å². The molecule has 2 N–H and O–H groups in total. The fourth-order valence-electron chi connectivity index (χ4n) is 2.65. The van der Waals surface area contributed by atoms with E-state index < -0.39 is 0 Å². The smallest absolute Gasteiger partial charge is 0.0507 e. The van der Waals surface area contributed by atoms with Gasteiger partial charge in [0.25, 0.3) is 0 Å². The van der Waals surface area contributed by atoms with Crippen LogP contribution in [0.3, 0.4) is 0 Å². The lowest BCUT2D eigenvalue weighted by Crippen LogP contribution is -2.16. The van der Waals surface area contributed by atoms with Crippen LogP contribution >= 0.6 is 0 Å². The molecule has 0 bridgehead atoms. The van der Waals surface area contributed by atoms with Gasteiger partial charge in [0.2, 0.25) is 0 Å². The fraction of sp³-hybridized carbons (Fsp3) is 0.167. The Labute approximate surface area is 125 Å². The fourth-order valence-corrected chi connectivity index (χ4v) is 2.65. The molecule has 0 atom stereocenters. The summed E-state index contributed by atoms with van der Waals surface area (Å²) in [6, 6.07) is 14.6. The number of aryl methyl sites for hydroxylation is 1. The van der Waals surface area contributed by atoms with Crippen molar-refractivity contribution in [2.24, 2.45) is 0 Å². The Morgan fingerprint density at radius 2 is 1.76 bits per heavy atom. The average molecular weight is 277 g/mol. The Bertz CT molecular complexity index is 763. The molecule has 0 amide bonds. The summed E-state index contributed by atoms with van der Waals surface area (Å²) in [6.45, 7) is 5.14. The number of nitrogens with two attached hydrogens (primary N) is 1. The molecule has 1 heterocycles. The minimum Gasteiger partial charge on any atom is -0.398 e.